The molecule has 1 saturated carbocycles. The van der Waals surface area contributed by atoms with Crippen molar-refractivity contribution < 1.29 is 9.84 Å². The lowest BCUT2D eigenvalue weighted by molar-refractivity contribution is -0.0154. The first-order valence-corrected chi connectivity index (χ1v) is 5.51. The Bertz CT molecular complexity index is 175. The molecule has 2 atom stereocenters. The average Bonchev–Trinajstić information content (AvgIpc) is 2.65. The van der Waals surface area contributed by atoms with Crippen LogP contribution in [0, 0.1) is 11.8 Å². The third-order valence-corrected chi connectivity index (χ3v) is 3.75. The zero-order chi connectivity index (χ0) is 9.31. The molecule has 1 N–H and O–H groups in total. The molecule has 0 bridgehead atoms. The molecule has 1 aliphatic heterocycles. The summed E-state index contributed by atoms with van der Waals surface area (Å²) in [6.07, 6.45) is 6.31. The highest BCUT2D eigenvalue weighted by atomic mass is 16.5. The highest BCUT2D eigenvalue weighted by Crippen LogP contribution is 2.37. The molecule has 0 spiro atoms. The molecule has 1 aliphatic carbocycles. The fourth-order valence-corrected chi connectivity index (χ4v) is 2.68. The van der Waals surface area contributed by atoms with Gasteiger partial charge < -0.3 is 9.84 Å². The van der Waals surface area contributed by atoms with Crippen LogP contribution in [0.15, 0.2) is 0 Å². The van der Waals surface area contributed by atoms with Crippen LogP contribution in [0.5, 0.6) is 0 Å². The van der Waals surface area contributed by atoms with E-state index in [-0.39, 0.29) is 0 Å². The third-order valence-electron chi connectivity index (χ3n) is 3.75. The van der Waals surface area contributed by atoms with Crippen LogP contribution in [0.4, 0.5) is 0 Å². The normalized spacial score (nSPS) is 41.5. The van der Waals surface area contributed by atoms with E-state index >= 15 is 0 Å². The van der Waals surface area contributed by atoms with E-state index in [2.05, 4.69) is 6.92 Å². The van der Waals surface area contributed by atoms with Gasteiger partial charge >= 0.3 is 0 Å². The van der Waals surface area contributed by atoms with Crippen molar-refractivity contribution in [3.8, 4) is 0 Å². The van der Waals surface area contributed by atoms with Gasteiger partial charge in [-0.15, -0.1) is 0 Å². The van der Waals surface area contributed by atoms with Crippen molar-refractivity contribution >= 4 is 0 Å². The van der Waals surface area contributed by atoms with Crippen molar-refractivity contribution in [3.63, 3.8) is 0 Å². The van der Waals surface area contributed by atoms with Gasteiger partial charge in [0.1, 0.15) is 0 Å². The standard InChI is InChI=1S/C11H20O2/c1-9-7-13-8-11(9,12)6-10-4-2-3-5-10/h9-10,12H,2-8H2,1H3. The van der Waals surface area contributed by atoms with Crippen LogP contribution in [-0.2, 0) is 4.74 Å². The van der Waals surface area contributed by atoms with Crippen LogP contribution in [0.1, 0.15) is 39.0 Å². The molecule has 0 aromatic rings. The highest BCUT2D eigenvalue weighted by Gasteiger charge is 2.41. The molecule has 2 aliphatic rings. The zero-order valence-corrected chi connectivity index (χ0v) is 8.46. The van der Waals surface area contributed by atoms with Crippen LogP contribution in [0.3, 0.4) is 0 Å². The summed E-state index contributed by atoms with van der Waals surface area (Å²) >= 11 is 0. The largest absolute Gasteiger partial charge is 0.387 e. The third kappa shape index (κ3) is 1.89. The Morgan fingerprint density at radius 1 is 1.38 bits per heavy atom. The summed E-state index contributed by atoms with van der Waals surface area (Å²) in [5, 5.41) is 10.3. The van der Waals surface area contributed by atoms with Gasteiger partial charge in [0.15, 0.2) is 0 Å². The Morgan fingerprint density at radius 3 is 2.62 bits per heavy atom. The van der Waals surface area contributed by atoms with E-state index in [1.807, 2.05) is 0 Å². The molecule has 0 aromatic carbocycles. The van der Waals surface area contributed by atoms with Crippen molar-refractivity contribution in [2.24, 2.45) is 11.8 Å². The summed E-state index contributed by atoms with van der Waals surface area (Å²) in [6.45, 7) is 3.40. The van der Waals surface area contributed by atoms with E-state index in [9.17, 15) is 5.11 Å². The van der Waals surface area contributed by atoms with Crippen LogP contribution >= 0.6 is 0 Å². The fraction of sp³-hybridized carbons (Fsp3) is 1.00. The van der Waals surface area contributed by atoms with Gasteiger partial charge in [-0.1, -0.05) is 32.6 Å². The maximum atomic E-state index is 10.3. The zero-order valence-electron chi connectivity index (χ0n) is 8.46. The number of rotatable bonds is 2. The van der Waals surface area contributed by atoms with Gasteiger partial charge in [-0.2, -0.15) is 0 Å². The first-order chi connectivity index (χ1) is 6.21. The fourth-order valence-electron chi connectivity index (χ4n) is 2.68. The van der Waals surface area contributed by atoms with E-state index in [1.165, 1.54) is 25.7 Å². The predicted molar refractivity (Wildman–Crippen MR) is 51.5 cm³/mol. The van der Waals surface area contributed by atoms with Crippen LogP contribution in [0.2, 0.25) is 0 Å². The van der Waals surface area contributed by atoms with Crippen molar-refractivity contribution in [3.05, 3.63) is 0 Å². The number of hydrogen-bond acceptors (Lipinski definition) is 2. The Labute approximate surface area is 80.3 Å². The summed E-state index contributed by atoms with van der Waals surface area (Å²) in [4.78, 5) is 0. The van der Waals surface area contributed by atoms with E-state index in [4.69, 9.17) is 4.74 Å². The van der Waals surface area contributed by atoms with Gasteiger partial charge in [0, 0.05) is 5.92 Å². The first-order valence-electron chi connectivity index (χ1n) is 5.51. The molecule has 2 rings (SSSR count). The lowest BCUT2D eigenvalue weighted by Gasteiger charge is -2.28. The van der Waals surface area contributed by atoms with E-state index < -0.39 is 5.60 Å². The van der Waals surface area contributed by atoms with Crippen LogP contribution < -0.4 is 0 Å². The van der Waals surface area contributed by atoms with E-state index in [0.717, 1.165) is 18.9 Å². The molecule has 2 fully saturated rings. The topological polar surface area (TPSA) is 29.5 Å². The van der Waals surface area contributed by atoms with Gasteiger partial charge in [0.2, 0.25) is 0 Å². The lowest BCUT2D eigenvalue weighted by Crippen LogP contribution is -2.37. The van der Waals surface area contributed by atoms with Crippen molar-refractivity contribution in [2.45, 2.75) is 44.6 Å². The van der Waals surface area contributed by atoms with Crippen molar-refractivity contribution in [1.82, 2.24) is 0 Å². The van der Waals surface area contributed by atoms with E-state index in [1.54, 1.807) is 0 Å². The summed E-state index contributed by atoms with van der Waals surface area (Å²) in [6, 6.07) is 0. The molecule has 2 nitrogen and oxygen atoms in total. The molecular weight excluding hydrogens is 164 g/mol. The SMILES string of the molecule is CC1COCC1(O)CC1CCCC1. The molecular formula is C11H20O2. The first kappa shape index (κ1) is 9.47. The van der Waals surface area contributed by atoms with Gasteiger partial charge in [-0.25, -0.2) is 0 Å². The minimum absolute atomic E-state index is 0.327. The van der Waals surface area contributed by atoms with Crippen molar-refractivity contribution in [2.75, 3.05) is 13.2 Å². The molecule has 1 saturated heterocycles. The van der Waals surface area contributed by atoms with E-state index in [0.29, 0.717) is 12.5 Å². The molecule has 0 amide bonds. The quantitative estimate of drug-likeness (QED) is 0.711. The summed E-state index contributed by atoms with van der Waals surface area (Å²) in [7, 11) is 0. The predicted octanol–water partition coefficient (Wildman–Crippen LogP) is 1.96. The molecule has 2 heteroatoms. The Morgan fingerprint density at radius 2 is 2.08 bits per heavy atom. The van der Waals surface area contributed by atoms with Crippen molar-refractivity contribution in [1.29, 1.82) is 0 Å². The minimum atomic E-state index is -0.505. The molecule has 76 valence electrons. The van der Waals surface area contributed by atoms with Gasteiger partial charge in [-0.05, 0) is 12.3 Å². The maximum absolute atomic E-state index is 10.3. The lowest BCUT2D eigenvalue weighted by atomic mass is 9.83. The number of aliphatic hydroxyl groups is 1. The second-order valence-corrected chi connectivity index (χ2v) is 4.87. The van der Waals surface area contributed by atoms with Crippen LogP contribution in [0.25, 0.3) is 0 Å². The second-order valence-electron chi connectivity index (χ2n) is 4.87. The minimum Gasteiger partial charge on any atom is -0.387 e. The Hall–Kier alpha value is -0.0800. The molecule has 13 heavy (non-hydrogen) atoms. The summed E-state index contributed by atoms with van der Waals surface area (Å²) in [5.41, 5.74) is -0.505. The maximum Gasteiger partial charge on any atom is 0.0930 e. The number of ether oxygens (including phenoxy) is 1. The molecule has 0 radical (unpaired) electrons. The highest BCUT2D eigenvalue weighted by molar-refractivity contribution is 4.91. The molecule has 2 unspecified atom stereocenters. The second kappa shape index (κ2) is 3.58. The average molecular weight is 184 g/mol. The Kier molecular flexibility index (Phi) is 2.61. The summed E-state index contributed by atoms with van der Waals surface area (Å²) < 4.78 is 5.33. The van der Waals surface area contributed by atoms with Gasteiger partial charge in [0.05, 0.1) is 18.8 Å². The number of hydrogen-bond donors (Lipinski definition) is 1. The molecule has 1 heterocycles. The summed E-state index contributed by atoms with van der Waals surface area (Å²) in [5.74, 6) is 1.09. The van der Waals surface area contributed by atoms with Crippen LogP contribution in [-0.4, -0.2) is 23.9 Å². The molecule has 0 aromatic heterocycles. The van der Waals surface area contributed by atoms with Gasteiger partial charge in [0.25, 0.3) is 0 Å². The Balaban J connectivity index is 1.91. The smallest absolute Gasteiger partial charge is 0.0930 e. The van der Waals surface area contributed by atoms with Gasteiger partial charge in [-0.3, -0.25) is 0 Å². The monoisotopic (exact) mass is 184 g/mol.